The van der Waals surface area contributed by atoms with Crippen molar-refractivity contribution in [3.05, 3.63) is 41.4 Å². The van der Waals surface area contributed by atoms with Gasteiger partial charge in [0.25, 0.3) is 0 Å². The summed E-state index contributed by atoms with van der Waals surface area (Å²) < 4.78 is 5.03. The summed E-state index contributed by atoms with van der Waals surface area (Å²) in [6.07, 6.45) is 5.21. The number of rotatable bonds is 3. The summed E-state index contributed by atoms with van der Waals surface area (Å²) in [5, 5.41) is 0. The summed E-state index contributed by atoms with van der Waals surface area (Å²) in [6.45, 7) is 3.15. The van der Waals surface area contributed by atoms with Gasteiger partial charge >= 0.3 is 11.7 Å². The number of ether oxygens (including phenoxy) is 1. The number of nitrogens with zero attached hydrogens (tertiary/aromatic N) is 2. The van der Waals surface area contributed by atoms with Crippen LogP contribution in [0.4, 0.5) is 0 Å². The first kappa shape index (κ1) is 12.7. The van der Waals surface area contributed by atoms with Crippen LogP contribution in [0.3, 0.4) is 0 Å². The molecule has 1 aromatic rings. The second-order valence-corrected chi connectivity index (χ2v) is 3.86. The lowest BCUT2D eigenvalue weighted by atomic mass is 10.1. The Morgan fingerprint density at radius 2 is 2.00 bits per heavy atom. The molecule has 0 fully saturated rings. The minimum Gasteiger partial charge on any atom is -0.438 e. The predicted molar refractivity (Wildman–Crippen MR) is 63.2 cm³/mol. The fourth-order valence-corrected chi connectivity index (χ4v) is 1.12. The third-order valence-corrected chi connectivity index (χ3v) is 2.04. The van der Waals surface area contributed by atoms with E-state index in [0.29, 0.717) is 5.56 Å². The van der Waals surface area contributed by atoms with Crippen LogP contribution in [0.15, 0.2) is 30.3 Å². The highest BCUT2D eigenvalue weighted by molar-refractivity contribution is 6.40. The maximum atomic E-state index is 11.7. The molecule has 1 aromatic carbocycles. The van der Waals surface area contributed by atoms with Gasteiger partial charge in [-0.3, -0.25) is 0 Å². The topological polar surface area (TPSA) is 62.7 Å². The Balaban J connectivity index is 2.97. The zero-order chi connectivity index (χ0) is 12.9. The molecule has 0 aliphatic heterocycles. The van der Waals surface area contributed by atoms with Crippen LogP contribution in [0, 0.1) is 12.3 Å². The molecule has 0 spiro atoms. The fourth-order valence-electron chi connectivity index (χ4n) is 1.12. The number of carbonyl (C=O) groups is 1. The number of terminal acetylenes is 1. The highest BCUT2D eigenvalue weighted by Crippen LogP contribution is 2.09. The molecule has 0 bridgehead atoms. The molecule has 0 aliphatic carbocycles. The average molecular weight is 228 g/mol. The van der Waals surface area contributed by atoms with E-state index in [1.54, 1.807) is 44.2 Å². The smallest absolute Gasteiger partial charge is 0.423 e. The standard InChI is InChI=1S/C13H12N2O2/c1-4-13(2,3)17-12(16)11(15-14)10-8-6-5-7-9-10/h1,5-9H,2-3H3. The van der Waals surface area contributed by atoms with Gasteiger partial charge in [-0.1, -0.05) is 24.1 Å². The molecular formula is C13H12N2O2. The highest BCUT2D eigenvalue weighted by atomic mass is 16.6. The van der Waals surface area contributed by atoms with Gasteiger partial charge in [0, 0.05) is 0 Å². The van der Waals surface area contributed by atoms with Crippen molar-refractivity contribution >= 4 is 11.7 Å². The molecular weight excluding hydrogens is 216 g/mol. The quantitative estimate of drug-likeness (QED) is 0.260. The number of benzene rings is 1. The molecule has 0 heterocycles. The van der Waals surface area contributed by atoms with Crippen molar-refractivity contribution in [2.45, 2.75) is 19.4 Å². The van der Waals surface area contributed by atoms with Gasteiger partial charge in [-0.2, -0.15) is 4.79 Å². The van der Waals surface area contributed by atoms with Crippen molar-refractivity contribution in [2.24, 2.45) is 0 Å². The predicted octanol–water partition coefficient (Wildman–Crippen LogP) is 1.66. The van der Waals surface area contributed by atoms with Gasteiger partial charge in [-0.25, -0.2) is 4.79 Å². The maximum absolute atomic E-state index is 11.7. The molecule has 0 aromatic heterocycles. The van der Waals surface area contributed by atoms with E-state index in [0.717, 1.165) is 0 Å². The molecule has 0 unspecified atom stereocenters. The SMILES string of the molecule is C#CC(C)(C)OC(=O)C(=[N+]=[N-])c1ccccc1. The van der Waals surface area contributed by atoms with Crippen molar-refractivity contribution in [1.29, 1.82) is 0 Å². The fraction of sp³-hybridized carbons (Fsp3) is 0.231. The minimum absolute atomic E-state index is 0.172. The lowest BCUT2D eigenvalue weighted by Crippen LogP contribution is -2.31. The summed E-state index contributed by atoms with van der Waals surface area (Å²) in [6, 6.07) is 8.51. The van der Waals surface area contributed by atoms with Crippen molar-refractivity contribution in [1.82, 2.24) is 0 Å². The van der Waals surface area contributed by atoms with Crippen molar-refractivity contribution < 1.29 is 14.3 Å². The Morgan fingerprint density at radius 1 is 1.41 bits per heavy atom. The number of carbonyl (C=O) groups excluding carboxylic acids is 1. The molecule has 0 saturated heterocycles. The molecule has 0 radical (unpaired) electrons. The number of hydrogen-bond acceptors (Lipinski definition) is 2. The molecule has 0 saturated carbocycles. The minimum atomic E-state index is -1.04. The lowest BCUT2D eigenvalue weighted by molar-refractivity contribution is -0.147. The van der Waals surface area contributed by atoms with Crippen LogP contribution < -0.4 is 0 Å². The zero-order valence-electron chi connectivity index (χ0n) is 9.68. The Bertz CT molecular complexity index is 506. The summed E-state index contributed by atoms with van der Waals surface area (Å²) >= 11 is 0. The van der Waals surface area contributed by atoms with E-state index in [1.807, 2.05) is 0 Å². The number of esters is 1. The molecule has 0 aliphatic rings. The van der Waals surface area contributed by atoms with Gasteiger partial charge in [-0.05, 0) is 26.0 Å². The largest absolute Gasteiger partial charge is 0.438 e. The molecule has 0 N–H and O–H groups in total. The first-order valence-electron chi connectivity index (χ1n) is 4.99. The Kier molecular flexibility index (Phi) is 3.82. The van der Waals surface area contributed by atoms with Gasteiger partial charge in [0.15, 0.2) is 5.60 Å². The monoisotopic (exact) mass is 228 g/mol. The molecule has 86 valence electrons. The first-order chi connectivity index (χ1) is 8.00. The van der Waals surface area contributed by atoms with Crippen LogP contribution >= 0.6 is 0 Å². The van der Waals surface area contributed by atoms with Gasteiger partial charge in [0.1, 0.15) is 0 Å². The van der Waals surface area contributed by atoms with E-state index in [4.69, 9.17) is 16.7 Å². The second-order valence-electron chi connectivity index (χ2n) is 3.86. The molecule has 17 heavy (non-hydrogen) atoms. The van der Waals surface area contributed by atoms with Gasteiger partial charge in [-0.15, -0.1) is 6.42 Å². The average Bonchev–Trinajstić information content (AvgIpc) is 2.31. The van der Waals surface area contributed by atoms with Gasteiger partial charge < -0.3 is 10.3 Å². The molecule has 0 amide bonds. The maximum Gasteiger partial charge on any atom is 0.423 e. The van der Waals surface area contributed by atoms with Crippen LogP contribution in [0.2, 0.25) is 0 Å². The molecule has 0 atom stereocenters. The van der Waals surface area contributed by atoms with E-state index in [2.05, 4.69) is 10.7 Å². The van der Waals surface area contributed by atoms with Crippen molar-refractivity contribution in [2.75, 3.05) is 0 Å². The van der Waals surface area contributed by atoms with E-state index >= 15 is 0 Å². The van der Waals surface area contributed by atoms with Crippen LogP contribution in [0.25, 0.3) is 5.53 Å². The lowest BCUT2D eigenvalue weighted by Gasteiger charge is -2.16. The van der Waals surface area contributed by atoms with E-state index in [9.17, 15) is 4.79 Å². The van der Waals surface area contributed by atoms with Crippen molar-refractivity contribution in [3.63, 3.8) is 0 Å². The third kappa shape index (κ3) is 3.30. The second kappa shape index (κ2) is 5.11. The normalized spacial score (nSPS) is 9.94. The molecule has 1 rings (SSSR count). The summed E-state index contributed by atoms with van der Waals surface area (Å²) in [5.74, 6) is 1.56. The number of hydrogen-bond donors (Lipinski definition) is 0. The third-order valence-electron chi connectivity index (χ3n) is 2.04. The first-order valence-corrected chi connectivity index (χ1v) is 4.99. The van der Waals surface area contributed by atoms with E-state index in [1.165, 1.54) is 0 Å². The van der Waals surface area contributed by atoms with Crippen LogP contribution in [0.5, 0.6) is 0 Å². The van der Waals surface area contributed by atoms with Crippen molar-refractivity contribution in [3.8, 4) is 12.3 Å². The Morgan fingerprint density at radius 3 is 2.47 bits per heavy atom. The van der Waals surface area contributed by atoms with E-state index in [-0.39, 0.29) is 5.71 Å². The summed E-state index contributed by atoms with van der Waals surface area (Å²) in [5.41, 5.74) is 8.11. The van der Waals surface area contributed by atoms with E-state index < -0.39 is 11.6 Å². The van der Waals surface area contributed by atoms with Crippen LogP contribution in [-0.2, 0) is 9.53 Å². The van der Waals surface area contributed by atoms with Gasteiger partial charge in [0.2, 0.25) is 0 Å². The molecule has 4 nitrogen and oxygen atoms in total. The Hall–Kier alpha value is -2.37. The van der Waals surface area contributed by atoms with Crippen LogP contribution in [-0.4, -0.2) is 22.1 Å². The summed E-state index contributed by atoms with van der Waals surface area (Å²) in [7, 11) is 0. The summed E-state index contributed by atoms with van der Waals surface area (Å²) in [4.78, 5) is 14.7. The Labute approximate surface area is 99.8 Å². The zero-order valence-corrected chi connectivity index (χ0v) is 9.68. The van der Waals surface area contributed by atoms with Gasteiger partial charge in [0.05, 0.1) is 5.56 Å². The highest BCUT2D eigenvalue weighted by Gasteiger charge is 2.30. The van der Waals surface area contributed by atoms with Crippen LogP contribution in [0.1, 0.15) is 19.4 Å². The molecule has 4 heteroatoms.